The highest BCUT2D eigenvalue weighted by molar-refractivity contribution is 7.89. The van der Waals surface area contributed by atoms with Crippen molar-refractivity contribution in [3.63, 3.8) is 0 Å². The number of nitrogens with zero attached hydrogens (tertiary/aromatic N) is 1. The Morgan fingerprint density at radius 3 is 2.50 bits per heavy atom. The minimum atomic E-state index is -3.22. The number of anilines is 2. The highest BCUT2D eigenvalue weighted by Crippen LogP contribution is 2.25. The SMILES string of the molecule is CCCS(=O)(=O)N1CCc2ccc(NC(=O)Nc3ccccc3)cc2C1. The topological polar surface area (TPSA) is 78.5 Å². The van der Waals surface area contributed by atoms with E-state index >= 15 is 0 Å². The predicted octanol–water partition coefficient (Wildman–Crippen LogP) is 3.43. The van der Waals surface area contributed by atoms with Gasteiger partial charge in [-0.2, -0.15) is 4.31 Å². The molecule has 26 heavy (non-hydrogen) atoms. The summed E-state index contributed by atoms with van der Waals surface area (Å²) in [5, 5.41) is 5.57. The van der Waals surface area contributed by atoms with Gasteiger partial charge in [-0.3, -0.25) is 0 Å². The van der Waals surface area contributed by atoms with Crippen molar-refractivity contribution < 1.29 is 13.2 Å². The first kappa shape index (κ1) is 18.4. The monoisotopic (exact) mass is 373 g/mol. The first-order valence-electron chi connectivity index (χ1n) is 8.70. The number of rotatable bonds is 5. The number of hydrogen-bond donors (Lipinski definition) is 2. The minimum absolute atomic E-state index is 0.166. The van der Waals surface area contributed by atoms with Crippen LogP contribution >= 0.6 is 0 Å². The lowest BCUT2D eigenvalue weighted by molar-refractivity contribution is 0.262. The molecule has 3 rings (SSSR count). The fraction of sp³-hybridized carbons (Fsp3) is 0.316. The van der Waals surface area contributed by atoms with Crippen LogP contribution in [0.4, 0.5) is 16.2 Å². The Morgan fingerprint density at radius 2 is 1.77 bits per heavy atom. The maximum Gasteiger partial charge on any atom is 0.323 e. The second-order valence-corrected chi connectivity index (χ2v) is 8.42. The Hall–Kier alpha value is -2.38. The molecule has 1 aliphatic heterocycles. The molecule has 1 aliphatic rings. The summed E-state index contributed by atoms with van der Waals surface area (Å²) in [4.78, 5) is 12.1. The zero-order valence-electron chi connectivity index (χ0n) is 14.7. The van der Waals surface area contributed by atoms with Crippen LogP contribution in [0.15, 0.2) is 48.5 Å². The van der Waals surface area contributed by atoms with Gasteiger partial charge in [0.15, 0.2) is 0 Å². The quantitative estimate of drug-likeness (QED) is 0.843. The van der Waals surface area contributed by atoms with E-state index in [0.717, 1.165) is 11.1 Å². The summed E-state index contributed by atoms with van der Waals surface area (Å²) in [6.45, 7) is 2.73. The summed E-state index contributed by atoms with van der Waals surface area (Å²) in [7, 11) is -3.22. The molecule has 1 heterocycles. The number of amides is 2. The average Bonchev–Trinajstić information content (AvgIpc) is 2.62. The Morgan fingerprint density at radius 1 is 1.04 bits per heavy atom. The molecule has 0 unspecified atom stereocenters. The molecular formula is C19H23N3O3S. The Bertz CT molecular complexity index is 882. The standard InChI is InChI=1S/C19H23N3O3S/c1-2-12-26(24,25)22-11-10-15-8-9-18(13-16(15)14-22)21-19(23)20-17-6-4-3-5-7-17/h3-9,13H,2,10-12,14H2,1H3,(H2,20,21,23). The molecule has 0 radical (unpaired) electrons. The molecule has 0 fully saturated rings. The molecule has 6 nitrogen and oxygen atoms in total. The van der Waals surface area contributed by atoms with Crippen LogP contribution in [-0.4, -0.2) is 31.1 Å². The summed E-state index contributed by atoms with van der Waals surface area (Å²) in [5.41, 5.74) is 3.42. The van der Waals surface area contributed by atoms with Crippen molar-refractivity contribution in [2.45, 2.75) is 26.3 Å². The third-order valence-corrected chi connectivity index (χ3v) is 6.35. The molecule has 0 spiro atoms. The number of urea groups is 1. The van der Waals surface area contributed by atoms with Gasteiger partial charge < -0.3 is 10.6 Å². The van der Waals surface area contributed by atoms with Gasteiger partial charge in [0.1, 0.15) is 0 Å². The summed E-state index contributed by atoms with van der Waals surface area (Å²) < 4.78 is 26.1. The van der Waals surface area contributed by atoms with Crippen LogP contribution in [0, 0.1) is 0 Å². The summed E-state index contributed by atoms with van der Waals surface area (Å²) in [6.07, 6.45) is 1.29. The van der Waals surface area contributed by atoms with E-state index in [1.165, 1.54) is 4.31 Å². The van der Waals surface area contributed by atoms with E-state index in [4.69, 9.17) is 0 Å². The van der Waals surface area contributed by atoms with Crippen LogP contribution in [0.5, 0.6) is 0 Å². The molecule has 0 aliphatic carbocycles. The number of fused-ring (bicyclic) bond motifs is 1. The number of nitrogens with one attached hydrogen (secondary N) is 2. The maximum absolute atomic E-state index is 12.3. The van der Waals surface area contributed by atoms with Crippen molar-refractivity contribution >= 4 is 27.4 Å². The first-order valence-corrected chi connectivity index (χ1v) is 10.3. The predicted molar refractivity (Wildman–Crippen MR) is 104 cm³/mol. The lowest BCUT2D eigenvalue weighted by Gasteiger charge is -2.28. The van der Waals surface area contributed by atoms with Crippen molar-refractivity contribution in [3.05, 3.63) is 59.7 Å². The van der Waals surface area contributed by atoms with Crippen molar-refractivity contribution in [3.8, 4) is 0 Å². The van der Waals surface area contributed by atoms with Gasteiger partial charge in [0.2, 0.25) is 10.0 Å². The first-order chi connectivity index (χ1) is 12.5. The molecule has 2 N–H and O–H groups in total. The second kappa shape index (κ2) is 7.88. The summed E-state index contributed by atoms with van der Waals surface area (Å²) in [6, 6.07) is 14.5. The maximum atomic E-state index is 12.3. The van der Waals surface area contributed by atoms with Crippen molar-refractivity contribution in [1.82, 2.24) is 4.31 Å². The molecule has 0 bridgehead atoms. The highest BCUT2D eigenvalue weighted by atomic mass is 32.2. The van der Waals surface area contributed by atoms with E-state index in [1.54, 1.807) is 0 Å². The fourth-order valence-electron chi connectivity index (χ4n) is 3.05. The molecule has 2 aromatic rings. The van der Waals surface area contributed by atoms with Gasteiger partial charge in [-0.1, -0.05) is 31.2 Å². The molecule has 0 saturated heterocycles. The van der Waals surface area contributed by atoms with Crippen LogP contribution < -0.4 is 10.6 Å². The Kier molecular flexibility index (Phi) is 5.58. The lowest BCUT2D eigenvalue weighted by atomic mass is 10.0. The van der Waals surface area contributed by atoms with Crippen LogP contribution in [0.2, 0.25) is 0 Å². The third kappa shape index (κ3) is 4.42. The summed E-state index contributed by atoms with van der Waals surface area (Å²) >= 11 is 0. The van der Waals surface area contributed by atoms with Gasteiger partial charge in [-0.15, -0.1) is 0 Å². The number of carbonyl (C=O) groups is 1. The van der Waals surface area contributed by atoms with E-state index in [1.807, 2.05) is 55.5 Å². The highest BCUT2D eigenvalue weighted by Gasteiger charge is 2.26. The van der Waals surface area contributed by atoms with Gasteiger partial charge >= 0.3 is 6.03 Å². The van der Waals surface area contributed by atoms with Gasteiger partial charge in [-0.05, 0) is 48.2 Å². The van der Waals surface area contributed by atoms with E-state index < -0.39 is 10.0 Å². The van der Waals surface area contributed by atoms with Gasteiger partial charge in [0.25, 0.3) is 0 Å². The van der Waals surface area contributed by atoms with E-state index in [-0.39, 0.29) is 11.8 Å². The van der Waals surface area contributed by atoms with Crippen molar-refractivity contribution in [1.29, 1.82) is 0 Å². The number of carbonyl (C=O) groups excluding carboxylic acids is 1. The molecule has 0 saturated carbocycles. The lowest BCUT2D eigenvalue weighted by Crippen LogP contribution is -2.37. The number of benzene rings is 2. The number of para-hydroxylation sites is 1. The van der Waals surface area contributed by atoms with E-state index in [2.05, 4.69) is 10.6 Å². The zero-order valence-corrected chi connectivity index (χ0v) is 15.6. The Labute approximate surface area is 154 Å². The largest absolute Gasteiger partial charge is 0.323 e. The van der Waals surface area contributed by atoms with Gasteiger partial charge in [0.05, 0.1) is 5.75 Å². The van der Waals surface area contributed by atoms with Gasteiger partial charge in [0, 0.05) is 24.5 Å². The molecule has 2 aromatic carbocycles. The van der Waals surface area contributed by atoms with Crippen molar-refractivity contribution in [2.24, 2.45) is 0 Å². The van der Waals surface area contributed by atoms with Crippen LogP contribution in [0.3, 0.4) is 0 Å². The Balaban J connectivity index is 1.70. The van der Waals surface area contributed by atoms with E-state index in [9.17, 15) is 13.2 Å². The van der Waals surface area contributed by atoms with Crippen LogP contribution in [-0.2, 0) is 23.0 Å². The smallest absolute Gasteiger partial charge is 0.308 e. The summed E-state index contributed by atoms with van der Waals surface area (Å²) in [5.74, 6) is 0.166. The molecule has 138 valence electrons. The van der Waals surface area contributed by atoms with E-state index in [0.29, 0.717) is 37.3 Å². The zero-order chi connectivity index (χ0) is 18.6. The van der Waals surface area contributed by atoms with Crippen LogP contribution in [0.1, 0.15) is 24.5 Å². The molecule has 7 heteroatoms. The van der Waals surface area contributed by atoms with Crippen molar-refractivity contribution in [2.75, 3.05) is 22.9 Å². The average molecular weight is 373 g/mol. The van der Waals surface area contributed by atoms with Gasteiger partial charge in [-0.25, -0.2) is 13.2 Å². The fourth-order valence-corrected chi connectivity index (χ4v) is 4.53. The molecular weight excluding hydrogens is 350 g/mol. The third-order valence-electron chi connectivity index (χ3n) is 4.33. The number of sulfonamides is 1. The minimum Gasteiger partial charge on any atom is -0.308 e. The number of hydrogen-bond acceptors (Lipinski definition) is 3. The normalized spacial score (nSPS) is 14.5. The second-order valence-electron chi connectivity index (χ2n) is 6.33. The molecule has 0 atom stereocenters. The molecule has 2 amide bonds. The van der Waals surface area contributed by atoms with Crippen LogP contribution in [0.25, 0.3) is 0 Å². The molecule has 0 aromatic heterocycles.